The van der Waals surface area contributed by atoms with Crippen LogP contribution in [0.15, 0.2) is 29.1 Å². The van der Waals surface area contributed by atoms with Gasteiger partial charge < -0.3 is 0 Å². The Kier molecular flexibility index (Phi) is 3.86. The average molecular weight is 454 g/mol. The van der Waals surface area contributed by atoms with Crippen molar-refractivity contribution in [1.82, 2.24) is 14.6 Å². The predicted octanol–water partition coefficient (Wildman–Crippen LogP) is 6.34. The van der Waals surface area contributed by atoms with Gasteiger partial charge in [0.05, 0.1) is 10.7 Å². The summed E-state index contributed by atoms with van der Waals surface area (Å²) in [6.45, 7) is 0. The molecule has 5 aliphatic rings. The zero-order valence-electron chi connectivity index (χ0n) is 17.3. The van der Waals surface area contributed by atoms with Crippen LogP contribution in [0.2, 0.25) is 10.0 Å². The highest BCUT2D eigenvalue weighted by Gasteiger charge is 2.52. The van der Waals surface area contributed by atoms with Gasteiger partial charge in [-0.1, -0.05) is 29.3 Å². The molecule has 0 spiro atoms. The zero-order chi connectivity index (χ0) is 20.9. The van der Waals surface area contributed by atoms with Crippen LogP contribution in [-0.2, 0) is 5.41 Å². The quantitative estimate of drug-likeness (QED) is 0.502. The first-order valence-electron chi connectivity index (χ1n) is 11.6. The lowest BCUT2D eigenvalue weighted by molar-refractivity contribution is -0.00719. The zero-order valence-corrected chi connectivity index (χ0v) is 18.8. The van der Waals surface area contributed by atoms with Gasteiger partial charge in [0.25, 0.3) is 5.56 Å². The van der Waals surface area contributed by atoms with Crippen LogP contribution in [0.5, 0.6) is 0 Å². The molecular weight excluding hydrogens is 429 g/mol. The standard InChI is InChI=1S/C25H25Cl2N3O/c26-17-3-4-18(19(27)8-17)22-23(16-1-2-16)29-30-21(31)9-20(28-24(22)30)25-10-13-5-14(11-25)7-15(6-13)12-25/h3-4,8-9,13-16,29H,1-2,5-7,10-12H2. The van der Waals surface area contributed by atoms with E-state index < -0.39 is 0 Å². The molecule has 0 radical (unpaired) electrons. The summed E-state index contributed by atoms with van der Waals surface area (Å²) in [6.07, 6.45) is 9.96. The summed E-state index contributed by atoms with van der Waals surface area (Å²) in [6, 6.07) is 7.42. The molecule has 4 bridgehead atoms. The number of aromatic nitrogens is 3. The summed E-state index contributed by atoms with van der Waals surface area (Å²) in [5, 5.41) is 4.60. The molecule has 31 heavy (non-hydrogen) atoms. The van der Waals surface area contributed by atoms with E-state index in [1.54, 1.807) is 10.6 Å². The second kappa shape index (κ2) is 6.39. The molecule has 5 saturated carbocycles. The maximum atomic E-state index is 13.3. The third-order valence-electron chi connectivity index (χ3n) is 8.41. The second-order valence-electron chi connectivity index (χ2n) is 10.6. The Morgan fingerprint density at radius 2 is 1.68 bits per heavy atom. The molecule has 0 unspecified atom stereocenters. The molecule has 2 heterocycles. The van der Waals surface area contributed by atoms with Crippen molar-refractivity contribution in [2.75, 3.05) is 0 Å². The van der Waals surface area contributed by atoms with E-state index in [-0.39, 0.29) is 11.0 Å². The topological polar surface area (TPSA) is 50.2 Å². The largest absolute Gasteiger partial charge is 0.293 e. The molecule has 0 aliphatic heterocycles. The van der Waals surface area contributed by atoms with E-state index in [9.17, 15) is 4.79 Å². The van der Waals surface area contributed by atoms with Gasteiger partial charge in [0.15, 0.2) is 5.65 Å². The number of hydrogen-bond acceptors (Lipinski definition) is 2. The third kappa shape index (κ3) is 2.80. The summed E-state index contributed by atoms with van der Waals surface area (Å²) < 4.78 is 1.64. The molecule has 1 aromatic carbocycles. The summed E-state index contributed by atoms with van der Waals surface area (Å²) in [7, 11) is 0. The minimum absolute atomic E-state index is 0.00557. The SMILES string of the molecule is O=c1cc(C23CC4CC(CC(C4)C2)C3)nc2c(-c3ccc(Cl)cc3Cl)c(C3CC3)[nH]n12. The van der Waals surface area contributed by atoms with Gasteiger partial charge in [0, 0.05) is 39.2 Å². The van der Waals surface area contributed by atoms with Crippen molar-refractivity contribution in [3.63, 3.8) is 0 Å². The average Bonchev–Trinajstić information content (AvgIpc) is 3.48. The monoisotopic (exact) mass is 453 g/mol. The van der Waals surface area contributed by atoms with Crippen molar-refractivity contribution < 1.29 is 0 Å². The first-order chi connectivity index (χ1) is 15.0. The van der Waals surface area contributed by atoms with Crippen LogP contribution in [0.25, 0.3) is 16.8 Å². The lowest BCUT2D eigenvalue weighted by Crippen LogP contribution is -2.49. The Morgan fingerprint density at radius 1 is 1.00 bits per heavy atom. The fraction of sp³-hybridized carbons (Fsp3) is 0.520. The molecular formula is C25H25Cl2N3O. The highest BCUT2D eigenvalue weighted by atomic mass is 35.5. The van der Waals surface area contributed by atoms with Crippen LogP contribution >= 0.6 is 23.2 Å². The maximum absolute atomic E-state index is 13.3. The molecule has 0 atom stereocenters. The van der Waals surface area contributed by atoms with Crippen molar-refractivity contribution >= 4 is 28.8 Å². The normalized spacial score (nSPS) is 31.6. The van der Waals surface area contributed by atoms with Crippen LogP contribution in [0.3, 0.4) is 0 Å². The number of fused-ring (bicyclic) bond motifs is 1. The van der Waals surface area contributed by atoms with Crippen molar-refractivity contribution in [2.45, 2.75) is 62.7 Å². The first-order valence-corrected chi connectivity index (χ1v) is 12.4. The minimum Gasteiger partial charge on any atom is -0.293 e. The van der Waals surface area contributed by atoms with Gasteiger partial charge in [-0.15, -0.1) is 0 Å². The van der Waals surface area contributed by atoms with Crippen molar-refractivity contribution in [2.24, 2.45) is 17.8 Å². The lowest BCUT2D eigenvalue weighted by atomic mass is 9.49. The van der Waals surface area contributed by atoms with E-state index in [0.29, 0.717) is 16.0 Å². The molecule has 3 aromatic rings. The number of aromatic amines is 1. The molecule has 0 amide bonds. The Labute approximate surface area is 191 Å². The Hall–Kier alpha value is -1.78. The van der Waals surface area contributed by atoms with Crippen molar-refractivity contribution in [3.05, 3.63) is 56.1 Å². The van der Waals surface area contributed by atoms with Crippen LogP contribution in [0.4, 0.5) is 0 Å². The van der Waals surface area contributed by atoms with E-state index in [4.69, 9.17) is 28.2 Å². The molecule has 5 fully saturated rings. The summed E-state index contributed by atoms with van der Waals surface area (Å²) in [4.78, 5) is 18.5. The molecule has 4 nitrogen and oxygen atoms in total. The first kappa shape index (κ1) is 18.8. The van der Waals surface area contributed by atoms with Gasteiger partial charge in [-0.05, 0) is 81.3 Å². The van der Waals surface area contributed by atoms with Crippen LogP contribution < -0.4 is 5.56 Å². The molecule has 2 aromatic heterocycles. The van der Waals surface area contributed by atoms with Crippen LogP contribution in [0, 0.1) is 17.8 Å². The van der Waals surface area contributed by atoms with Gasteiger partial charge >= 0.3 is 0 Å². The van der Waals surface area contributed by atoms with E-state index >= 15 is 0 Å². The molecule has 6 heteroatoms. The van der Waals surface area contributed by atoms with Crippen molar-refractivity contribution in [3.8, 4) is 11.1 Å². The van der Waals surface area contributed by atoms with Crippen LogP contribution in [-0.4, -0.2) is 14.6 Å². The number of hydrogen-bond donors (Lipinski definition) is 1. The van der Waals surface area contributed by atoms with Crippen molar-refractivity contribution in [1.29, 1.82) is 0 Å². The number of halogens is 2. The smallest absolute Gasteiger partial charge is 0.272 e. The van der Waals surface area contributed by atoms with E-state index in [1.807, 2.05) is 18.2 Å². The molecule has 160 valence electrons. The van der Waals surface area contributed by atoms with E-state index in [2.05, 4.69) is 5.10 Å². The third-order valence-corrected chi connectivity index (χ3v) is 8.96. The van der Waals surface area contributed by atoms with E-state index in [0.717, 1.165) is 58.8 Å². The number of H-pyrrole nitrogens is 1. The fourth-order valence-electron chi connectivity index (χ4n) is 7.38. The Balaban J connectivity index is 1.46. The van der Waals surface area contributed by atoms with Gasteiger partial charge in [0.2, 0.25) is 0 Å². The predicted molar refractivity (Wildman–Crippen MR) is 123 cm³/mol. The van der Waals surface area contributed by atoms with Gasteiger partial charge in [0.1, 0.15) is 0 Å². The second-order valence-corrected chi connectivity index (χ2v) is 11.5. The number of nitrogens with one attached hydrogen (secondary N) is 1. The summed E-state index contributed by atoms with van der Waals surface area (Å²) in [5.41, 5.74) is 4.79. The van der Waals surface area contributed by atoms with Gasteiger partial charge in [-0.2, -0.15) is 0 Å². The molecule has 1 N–H and O–H groups in total. The Bertz CT molecular complexity index is 1250. The fourth-order valence-corrected chi connectivity index (χ4v) is 7.88. The summed E-state index contributed by atoms with van der Waals surface area (Å²) >= 11 is 12.8. The highest BCUT2D eigenvalue weighted by Crippen LogP contribution is 2.60. The number of benzene rings is 1. The summed E-state index contributed by atoms with van der Waals surface area (Å²) in [5.74, 6) is 2.87. The maximum Gasteiger partial charge on any atom is 0.272 e. The van der Waals surface area contributed by atoms with Gasteiger partial charge in [-0.3, -0.25) is 9.89 Å². The van der Waals surface area contributed by atoms with Gasteiger partial charge in [-0.25, -0.2) is 9.50 Å². The highest BCUT2D eigenvalue weighted by molar-refractivity contribution is 6.36. The van der Waals surface area contributed by atoms with Crippen LogP contribution in [0.1, 0.15) is 68.7 Å². The van der Waals surface area contributed by atoms with E-state index in [1.165, 1.54) is 38.5 Å². The molecule has 0 saturated heterocycles. The number of nitrogens with zero attached hydrogens (tertiary/aromatic N) is 2. The molecule has 5 aliphatic carbocycles. The lowest BCUT2D eigenvalue weighted by Gasteiger charge is -2.56. The Morgan fingerprint density at radius 3 is 2.29 bits per heavy atom. The number of rotatable bonds is 3. The molecule has 8 rings (SSSR count). The minimum atomic E-state index is -0.00557.